The number of nitriles is 3. The fraction of sp³-hybridized carbons (Fsp3) is 0.360. The Bertz CT molecular complexity index is 1260. The minimum atomic E-state index is -2.06. The number of benzene rings is 2. The Hall–Kier alpha value is -3.08. The molecule has 5 unspecified atom stereocenters. The number of nitrogens with one attached hydrogen (secondary N) is 1. The van der Waals surface area contributed by atoms with Gasteiger partial charge in [-0.1, -0.05) is 65.7 Å². The van der Waals surface area contributed by atoms with E-state index in [1.165, 1.54) is 0 Å². The van der Waals surface area contributed by atoms with Crippen molar-refractivity contribution >= 4 is 29.1 Å². The first-order valence-electron chi connectivity index (χ1n) is 10.6. The summed E-state index contributed by atoms with van der Waals surface area (Å²) >= 11 is 12.7. The lowest BCUT2D eigenvalue weighted by Gasteiger charge is -2.53. The smallest absolute Gasteiger partial charge is 0.217 e. The molecule has 5 rings (SSSR count). The van der Waals surface area contributed by atoms with Crippen molar-refractivity contribution in [2.24, 2.45) is 16.7 Å². The third-order valence-electron chi connectivity index (χ3n) is 7.44. The standard InChI is InChI=1S/C25H18Cl2N4O2/c26-18-8-4-7-17(20(18)27)21-23(12-28,13-29)24(14-30)19-11-16(15-5-2-1-3-6-15)9-10-25(19,32-21)33-22(24)31/h1-8,16,19,21,31H,9-11H2. The third-order valence-corrected chi connectivity index (χ3v) is 8.28. The molecule has 2 bridgehead atoms. The summed E-state index contributed by atoms with van der Waals surface area (Å²) in [6, 6.07) is 21.1. The Morgan fingerprint density at radius 3 is 2.36 bits per heavy atom. The summed E-state index contributed by atoms with van der Waals surface area (Å²) in [5.41, 5.74) is -2.45. The summed E-state index contributed by atoms with van der Waals surface area (Å²) in [7, 11) is 0. The van der Waals surface area contributed by atoms with Crippen molar-refractivity contribution in [3.63, 3.8) is 0 Å². The van der Waals surface area contributed by atoms with Gasteiger partial charge >= 0.3 is 0 Å². The predicted octanol–water partition coefficient (Wildman–Crippen LogP) is 5.90. The van der Waals surface area contributed by atoms with E-state index in [-0.39, 0.29) is 16.0 Å². The van der Waals surface area contributed by atoms with Crippen LogP contribution in [-0.4, -0.2) is 11.7 Å². The summed E-state index contributed by atoms with van der Waals surface area (Å²) in [6.45, 7) is 0. The molecule has 0 amide bonds. The average molecular weight is 477 g/mol. The molecule has 5 atom stereocenters. The normalized spacial score (nSPS) is 33.7. The second-order valence-corrected chi connectivity index (χ2v) is 9.56. The van der Waals surface area contributed by atoms with E-state index in [1.54, 1.807) is 18.2 Å². The largest absolute Gasteiger partial charge is 0.447 e. The van der Waals surface area contributed by atoms with Crippen LogP contribution in [0.25, 0.3) is 0 Å². The highest BCUT2D eigenvalue weighted by molar-refractivity contribution is 6.42. The quantitative estimate of drug-likeness (QED) is 0.579. The van der Waals surface area contributed by atoms with E-state index in [0.717, 1.165) is 5.56 Å². The first kappa shape index (κ1) is 21.7. The average Bonchev–Trinajstić information content (AvgIpc) is 3.05. The Balaban J connectivity index is 1.71. The molecule has 0 radical (unpaired) electrons. The molecule has 2 aliphatic heterocycles. The molecule has 2 heterocycles. The van der Waals surface area contributed by atoms with Crippen LogP contribution >= 0.6 is 23.2 Å². The van der Waals surface area contributed by atoms with E-state index in [9.17, 15) is 15.8 Å². The maximum absolute atomic E-state index is 10.5. The number of hydrogen-bond acceptors (Lipinski definition) is 6. The maximum atomic E-state index is 10.5. The van der Waals surface area contributed by atoms with Gasteiger partial charge in [-0.25, -0.2) is 0 Å². The molecular weight excluding hydrogens is 459 g/mol. The van der Waals surface area contributed by atoms with E-state index in [4.69, 9.17) is 38.1 Å². The molecule has 3 aliphatic rings. The van der Waals surface area contributed by atoms with Crippen molar-refractivity contribution in [3.05, 3.63) is 69.7 Å². The zero-order chi connectivity index (χ0) is 23.4. The van der Waals surface area contributed by atoms with Crippen molar-refractivity contribution in [1.82, 2.24) is 0 Å². The van der Waals surface area contributed by atoms with Gasteiger partial charge in [0.15, 0.2) is 5.41 Å². The van der Waals surface area contributed by atoms with Gasteiger partial charge in [0.25, 0.3) is 0 Å². The summed E-state index contributed by atoms with van der Waals surface area (Å²) < 4.78 is 12.5. The fourth-order valence-electron chi connectivity index (χ4n) is 5.87. The maximum Gasteiger partial charge on any atom is 0.217 e. The van der Waals surface area contributed by atoms with Crippen LogP contribution in [0.2, 0.25) is 10.0 Å². The van der Waals surface area contributed by atoms with Crippen molar-refractivity contribution < 1.29 is 9.47 Å². The van der Waals surface area contributed by atoms with Gasteiger partial charge in [-0.15, -0.1) is 0 Å². The summed E-state index contributed by atoms with van der Waals surface area (Å²) in [6.07, 6.45) is 0.342. The highest BCUT2D eigenvalue weighted by Gasteiger charge is 2.81. The highest BCUT2D eigenvalue weighted by atomic mass is 35.5. The molecule has 1 aliphatic carbocycles. The van der Waals surface area contributed by atoms with Crippen LogP contribution in [0, 0.1) is 56.2 Å². The Morgan fingerprint density at radius 1 is 0.970 bits per heavy atom. The molecule has 164 valence electrons. The zero-order valence-electron chi connectivity index (χ0n) is 17.4. The molecule has 3 fully saturated rings. The van der Waals surface area contributed by atoms with Crippen LogP contribution in [0.15, 0.2) is 48.5 Å². The Labute approximate surface area is 201 Å². The topological polar surface area (TPSA) is 114 Å². The van der Waals surface area contributed by atoms with E-state index < -0.39 is 34.5 Å². The van der Waals surface area contributed by atoms with Gasteiger partial charge in [0, 0.05) is 12.0 Å². The molecule has 6 nitrogen and oxygen atoms in total. The molecule has 1 saturated carbocycles. The molecule has 2 aromatic rings. The van der Waals surface area contributed by atoms with Gasteiger partial charge in [0.1, 0.15) is 6.10 Å². The summed E-state index contributed by atoms with van der Waals surface area (Å²) in [5.74, 6) is -2.29. The lowest BCUT2D eigenvalue weighted by molar-refractivity contribution is -0.296. The minimum Gasteiger partial charge on any atom is -0.447 e. The van der Waals surface area contributed by atoms with Crippen molar-refractivity contribution in [2.45, 2.75) is 37.1 Å². The molecule has 8 heteroatoms. The van der Waals surface area contributed by atoms with Crippen molar-refractivity contribution in [2.75, 3.05) is 0 Å². The summed E-state index contributed by atoms with van der Waals surface area (Å²) in [4.78, 5) is 0. The lowest BCUT2D eigenvalue weighted by Crippen LogP contribution is -2.60. The van der Waals surface area contributed by atoms with Crippen molar-refractivity contribution in [1.29, 1.82) is 21.2 Å². The van der Waals surface area contributed by atoms with Crippen LogP contribution in [-0.2, 0) is 9.47 Å². The second-order valence-electron chi connectivity index (χ2n) is 8.77. The first-order chi connectivity index (χ1) is 15.9. The molecule has 1 N–H and O–H groups in total. The van der Waals surface area contributed by atoms with Gasteiger partial charge in [-0.3, -0.25) is 5.41 Å². The minimum absolute atomic E-state index is 0.0801. The SMILES string of the molecule is N#CC1(C#N)C(c2cccc(Cl)c2Cl)OC23CCC(c4ccccc4)CC2C1(C#N)C(=N)O3. The molecule has 2 saturated heterocycles. The van der Waals surface area contributed by atoms with Gasteiger partial charge < -0.3 is 9.47 Å². The Kier molecular flexibility index (Phi) is 4.93. The van der Waals surface area contributed by atoms with Crippen LogP contribution in [0.5, 0.6) is 0 Å². The number of nitrogens with zero attached hydrogens (tertiary/aromatic N) is 3. The third kappa shape index (κ3) is 2.65. The van der Waals surface area contributed by atoms with E-state index >= 15 is 0 Å². The molecule has 0 aromatic heterocycles. The Morgan fingerprint density at radius 2 is 1.70 bits per heavy atom. The van der Waals surface area contributed by atoms with E-state index in [2.05, 4.69) is 18.2 Å². The zero-order valence-corrected chi connectivity index (χ0v) is 18.9. The molecule has 0 spiro atoms. The fourth-order valence-corrected chi connectivity index (χ4v) is 6.28. The monoisotopic (exact) mass is 476 g/mol. The van der Waals surface area contributed by atoms with Gasteiger partial charge in [-0.2, -0.15) is 15.8 Å². The number of rotatable bonds is 2. The van der Waals surface area contributed by atoms with Gasteiger partial charge in [-0.05, 0) is 30.4 Å². The molecule has 2 aromatic carbocycles. The predicted molar refractivity (Wildman–Crippen MR) is 120 cm³/mol. The van der Waals surface area contributed by atoms with Gasteiger partial charge in [0.05, 0.1) is 34.2 Å². The van der Waals surface area contributed by atoms with Gasteiger partial charge in [0.2, 0.25) is 17.1 Å². The first-order valence-corrected chi connectivity index (χ1v) is 11.3. The van der Waals surface area contributed by atoms with Crippen LogP contribution in [0.4, 0.5) is 0 Å². The molecule has 33 heavy (non-hydrogen) atoms. The van der Waals surface area contributed by atoms with Crippen LogP contribution < -0.4 is 0 Å². The van der Waals surface area contributed by atoms with E-state index in [0.29, 0.717) is 24.8 Å². The number of ether oxygens (including phenoxy) is 2. The van der Waals surface area contributed by atoms with Crippen LogP contribution in [0.1, 0.15) is 42.4 Å². The highest BCUT2D eigenvalue weighted by Crippen LogP contribution is 2.71. The van der Waals surface area contributed by atoms with E-state index in [1.807, 2.05) is 30.3 Å². The second kappa shape index (κ2) is 7.47. The van der Waals surface area contributed by atoms with Crippen molar-refractivity contribution in [3.8, 4) is 18.2 Å². The lowest BCUT2D eigenvalue weighted by atomic mass is 9.50. The van der Waals surface area contributed by atoms with Crippen LogP contribution in [0.3, 0.4) is 0 Å². The summed E-state index contributed by atoms with van der Waals surface area (Å²) in [5, 5.41) is 40.4. The molecular formula is C25H18Cl2N4O2. The number of hydrogen-bond donors (Lipinski definition) is 1. The number of halogens is 2.